The highest BCUT2D eigenvalue weighted by Gasteiger charge is 2.22. The van der Waals surface area contributed by atoms with Gasteiger partial charge in [-0.15, -0.1) is 24.2 Å². The molecule has 2 N–H and O–H groups in total. The molecule has 2 rings (SSSR count). The topological polar surface area (TPSA) is 41.1 Å². The standard InChI is InChI=1S/C15H21ClN2OS.ClH/c1-11-6-8-17-10-14(11)18-15(19)7-9-20-13-4-2-12(16)3-5-13;/h2-5,11,14,17H,6-10H2,1H3,(H,18,19);1H. The van der Waals surface area contributed by atoms with Gasteiger partial charge < -0.3 is 10.6 Å². The predicted molar refractivity (Wildman–Crippen MR) is 92.6 cm³/mol. The minimum atomic E-state index is 0. The normalized spacial score (nSPS) is 21.4. The lowest BCUT2D eigenvalue weighted by atomic mass is 9.95. The smallest absolute Gasteiger partial charge is 0.221 e. The van der Waals surface area contributed by atoms with Gasteiger partial charge in [0.15, 0.2) is 0 Å². The molecular formula is C15H22Cl2N2OS. The summed E-state index contributed by atoms with van der Waals surface area (Å²) in [6, 6.07) is 7.99. The lowest BCUT2D eigenvalue weighted by Crippen LogP contribution is -2.50. The van der Waals surface area contributed by atoms with E-state index in [0.717, 1.165) is 35.2 Å². The summed E-state index contributed by atoms with van der Waals surface area (Å²) in [4.78, 5) is 13.1. The van der Waals surface area contributed by atoms with Gasteiger partial charge in [0.05, 0.1) is 0 Å². The van der Waals surface area contributed by atoms with Gasteiger partial charge in [0.2, 0.25) is 5.91 Å². The molecule has 118 valence electrons. The zero-order chi connectivity index (χ0) is 14.4. The van der Waals surface area contributed by atoms with Gasteiger partial charge in [0, 0.05) is 34.7 Å². The number of amides is 1. The maximum Gasteiger partial charge on any atom is 0.221 e. The molecule has 1 saturated heterocycles. The van der Waals surface area contributed by atoms with E-state index >= 15 is 0 Å². The zero-order valence-corrected chi connectivity index (χ0v) is 14.5. The number of carbonyl (C=O) groups excluding carboxylic acids is 1. The molecule has 1 fully saturated rings. The molecule has 2 unspecified atom stereocenters. The van der Waals surface area contributed by atoms with Crippen molar-refractivity contribution in [2.75, 3.05) is 18.8 Å². The Bertz CT molecular complexity index is 442. The van der Waals surface area contributed by atoms with Crippen LogP contribution in [0.4, 0.5) is 0 Å². The number of piperidine rings is 1. The van der Waals surface area contributed by atoms with Crippen molar-refractivity contribution in [3.8, 4) is 0 Å². The number of benzene rings is 1. The molecule has 1 aliphatic rings. The molecule has 1 heterocycles. The Labute approximate surface area is 142 Å². The van der Waals surface area contributed by atoms with E-state index in [9.17, 15) is 4.79 Å². The Balaban J connectivity index is 0.00000220. The average Bonchev–Trinajstić information content (AvgIpc) is 2.44. The molecule has 0 saturated carbocycles. The summed E-state index contributed by atoms with van der Waals surface area (Å²) in [6.07, 6.45) is 1.68. The fourth-order valence-corrected chi connectivity index (χ4v) is 3.23. The van der Waals surface area contributed by atoms with Crippen molar-refractivity contribution >= 4 is 41.7 Å². The first-order valence-corrected chi connectivity index (χ1v) is 8.40. The molecule has 0 aliphatic carbocycles. The summed E-state index contributed by atoms with van der Waals surface area (Å²) in [5.74, 6) is 1.50. The molecule has 1 amide bonds. The van der Waals surface area contributed by atoms with Crippen LogP contribution in [-0.2, 0) is 4.79 Å². The Morgan fingerprint density at radius 2 is 2.14 bits per heavy atom. The number of carbonyl (C=O) groups is 1. The monoisotopic (exact) mass is 348 g/mol. The van der Waals surface area contributed by atoms with Gasteiger partial charge in [-0.3, -0.25) is 4.79 Å². The van der Waals surface area contributed by atoms with Crippen LogP contribution in [0.3, 0.4) is 0 Å². The van der Waals surface area contributed by atoms with Crippen molar-refractivity contribution in [1.29, 1.82) is 0 Å². The van der Waals surface area contributed by atoms with Crippen LogP contribution in [0.2, 0.25) is 5.02 Å². The van der Waals surface area contributed by atoms with Gasteiger partial charge in [0.1, 0.15) is 0 Å². The van der Waals surface area contributed by atoms with Crippen LogP contribution in [0.15, 0.2) is 29.2 Å². The number of nitrogens with one attached hydrogen (secondary N) is 2. The van der Waals surface area contributed by atoms with Gasteiger partial charge in [-0.25, -0.2) is 0 Å². The third-order valence-electron chi connectivity index (χ3n) is 3.59. The molecule has 0 radical (unpaired) electrons. The van der Waals surface area contributed by atoms with E-state index in [4.69, 9.17) is 11.6 Å². The number of thioether (sulfide) groups is 1. The van der Waals surface area contributed by atoms with E-state index < -0.39 is 0 Å². The number of hydrogen-bond donors (Lipinski definition) is 2. The predicted octanol–water partition coefficient (Wildman–Crippen LogP) is 3.36. The molecule has 6 heteroatoms. The van der Waals surface area contributed by atoms with Gasteiger partial charge in [-0.1, -0.05) is 18.5 Å². The first-order valence-electron chi connectivity index (χ1n) is 7.03. The van der Waals surface area contributed by atoms with Crippen LogP contribution in [0.1, 0.15) is 19.8 Å². The Hall–Kier alpha value is -0.420. The fraction of sp³-hybridized carbons (Fsp3) is 0.533. The quantitative estimate of drug-likeness (QED) is 0.801. The Kier molecular flexibility index (Phi) is 8.49. The third-order valence-corrected chi connectivity index (χ3v) is 4.85. The van der Waals surface area contributed by atoms with E-state index in [2.05, 4.69) is 17.6 Å². The summed E-state index contributed by atoms with van der Waals surface area (Å²) < 4.78 is 0. The van der Waals surface area contributed by atoms with Crippen molar-refractivity contribution in [3.05, 3.63) is 29.3 Å². The van der Waals surface area contributed by atoms with Crippen LogP contribution in [0.25, 0.3) is 0 Å². The number of hydrogen-bond acceptors (Lipinski definition) is 3. The Morgan fingerprint density at radius 3 is 2.81 bits per heavy atom. The minimum Gasteiger partial charge on any atom is -0.352 e. The zero-order valence-electron chi connectivity index (χ0n) is 12.1. The minimum absolute atomic E-state index is 0. The SMILES string of the molecule is CC1CCNCC1NC(=O)CCSc1ccc(Cl)cc1.Cl. The highest BCUT2D eigenvalue weighted by Crippen LogP contribution is 2.21. The van der Waals surface area contributed by atoms with E-state index in [1.807, 2.05) is 24.3 Å². The highest BCUT2D eigenvalue weighted by atomic mass is 35.5. The van der Waals surface area contributed by atoms with Crippen molar-refractivity contribution in [1.82, 2.24) is 10.6 Å². The van der Waals surface area contributed by atoms with Crippen molar-refractivity contribution in [3.63, 3.8) is 0 Å². The van der Waals surface area contributed by atoms with Gasteiger partial charge in [-0.2, -0.15) is 0 Å². The molecule has 1 aliphatic heterocycles. The van der Waals surface area contributed by atoms with E-state index in [1.54, 1.807) is 11.8 Å². The molecule has 3 nitrogen and oxygen atoms in total. The highest BCUT2D eigenvalue weighted by molar-refractivity contribution is 7.99. The molecule has 0 spiro atoms. The number of rotatable bonds is 5. The average molecular weight is 349 g/mol. The second-order valence-electron chi connectivity index (χ2n) is 5.20. The van der Waals surface area contributed by atoms with E-state index in [0.29, 0.717) is 12.3 Å². The van der Waals surface area contributed by atoms with E-state index in [1.165, 1.54) is 0 Å². The molecule has 0 bridgehead atoms. The van der Waals surface area contributed by atoms with Gasteiger partial charge in [-0.05, 0) is 43.1 Å². The van der Waals surface area contributed by atoms with Crippen LogP contribution in [-0.4, -0.2) is 30.8 Å². The number of halogens is 2. The molecule has 0 aromatic heterocycles. The molecule has 1 aromatic carbocycles. The fourth-order valence-electron chi connectivity index (χ4n) is 2.25. The first kappa shape index (κ1) is 18.6. The third kappa shape index (κ3) is 6.47. The Morgan fingerprint density at radius 1 is 1.43 bits per heavy atom. The molecule has 21 heavy (non-hydrogen) atoms. The van der Waals surface area contributed by atoms with E-state index in [-0.39, 0.29) is 24.4 Å². The van der Waals surface area contributed by atoms with Crippen LogP contribution in [0, 0.1) is 5.92 Å². The van der Waals surface area contributed by atoms with Gasteiger partial charge >= 0.3 is 0 Å². The maximum atomic E-state index is 11.9. The summed E-state index contributed by atoms with van der Waals surface area (Å²) >= 11 is 7.52. The van der Waals surface area contributed by atoms with Gasteiger partial charge in [0.25, 0.3) is 0 Å². The maximum absolute atomic E-state index is 11.9. The summed E-state index contributed by atoms with van der Waals surface area (Å²) in [5.41, 5.74) is 0. The largest absolute Gasteiger partial charge is 0.352 e. The second kappa shape index (κ2) is 9.57. The summed E-state index contributed by atoms with van der Waals surface area (Å²) in [6.45, 7) is 4.14. The lowest BCUT2D eigenvalue weighted by molar-refractivity contribution is -0.121. The molecule has 2 atom stereocenters. The lowest BCUT2D eigenvalue weighted by Gasteiger charge is -2.30. The summed E-state index contributed by atoms with van der Waals surface area (Å²) in [7, 11) is 0. The van der Waals surface area contributed by atoms with Crippen LogP contribution >= 0.6 is 35.8 Å². The second-order valence-corrected chi connectivity index (χ2v) is 6.80. The molecular weight excluding hydrogens is 327 g/mol. The van der Waals surface area contributed by atoms with Crippen LogP contribution in [0.5, 0.6) is 0 Å². The van der Waals surface area contributed by atoms with Crippen molar-refractivity contribution < 1.29 is 4.79 Å². The van der Waals surface area contributed by atoms with Crippen molar-refractivity contribution in [2.24, 2.45) is 5.92 Å². The first-order chi connectivity index (χ1) is 9.65. The van der Waals surface area contributed by atoms with Crippen molar-refractivity contribution in [2.45, 2.75) is 30.7 Å². The van der Waals surface area contributed by atoms with Crippen LogP contribution < -0.4 is 10.6 Å². The molecule has 1 aromatic rings. The summed E-state index contributed by atoms with van der Waals surface area (Å²) in [5, 5.41) is 7.20.